The molecule has 1 aliphatic rings. The number of carbonyl (C=O) groups excluding carboxylic acids is 1. The third-order valence-electron chi connectivity index (χ3n) is 4.95. The molecule has 2 aromatic carbocycles. The van der Waals surface area contributed by atoms with Crippen LogP contribution in [0.2, 0.25) is 0 Å². The molecule has 3 rings (SSSR count). The number of rotatable bonds is 7. The molecule has 0 aromatic heterocycles. The molecule has 3 N–H and O–H groups in total. The van der Waals surface area contributed by atoms with Gasteiger partial charge < -0.3 is 25.4 Å². The third-order valence-corrected chi connectivity index (χ3v) is 4.95. The van der Waals surface area contributed by atoms with Gasteiger partial charge in [0.25, 0.3) is 5.91 Å². The first-order valence-corrected chi connectivity index (χ1v) is 10.3. The van der Waals surface area contributed by atoms with E-state index in [1.165, 1.54) is 0 Å². The molecule has 0 saturated carbocycles. The Balaban J connectivity index is 0.00000341. The van der Waals surface area contributed by atoms with Crippen molar-refractivity contribution in [2.45, 2.75) is 39.0 Å². The summed E-state index contributed by atoms with van der Waals surface area (Å²) in [6.45, 7) is 5.70. The fraction of sp³-hybridized carbons (Fsp3) is 0.391. The Labute approximate surface area is 201 Å². The molecule has 0 saturated heterocycles. The maximum Gasteiger partial charge on any atom is 0.251 e. The molecule has 0 fully saturated rings. The average Bonchev–Trinajstić information content (AvgIpc) is 2.79. The second-order valence-electron chi connectivity index (χ2n) is 7.28. The zero-order chi connectivity index (χ0) is 21.3. The molecule has 2 aromatic rings. The molecule has 7 nitrogen and oxygen atoms in total. The largest absolute Gasteiger partial charge is 0.486 e. The van der Waals surface area contributed by atoms with Gasteiger partial charge in [-0.1, -0.05) is 31.2 Å². The minimum atomic E-state index is -0.0956. The summed E-state index contributed by atoms with van der Waals surface area (Å²) in [4.78, 5) is 16.4. The van der Waals surface area contributed by atoms with Crippen molar-refractivity contribution in [1.82, 2.24) is 16.0 Å². The summed E-state index contributed by atoms with van der Waals surface area (Å²) in [5, 5.41) is 9.52. The van der Waals surface area contributed by atoms with Gasteiger partial charge in [-0.05, 0) is 43.2 Å². The molecule has 31 heavy (non-hydrogen) atoms. The van der Waals surface area contributed by atoms with Gasteiger partial charge in [-0.25, -0.2) is 0 Å². The second kappa shape index (κ2) is 12.4. The highest BCUT2D eigenvalue weighted by Crippen LogP contribution is 2.30. The van der Waals surface area contributed by atoms with Crippen LogP contribution in [0.5, 0.6) is 11.5 Å². The number of aliphatic imine (C=N–C) groups is 1. The van der Waals surface area contributed by atoms with E-state index in [2.05, 4.69) is 20.9 Å². The molecule has 1 heterocycles. The van der Waals surface area contributed by atoms with E-state index in [1.54, 1.807) is 7.05 Å². The fourth-order valence-corrected chi connectivity index (χ4v) is 2.96. The zero-order valence-electron chi connectivity index (χ0n) is 18.2. The van der Waals surface area contributed by atoms with E-state index >= 15 is 0 Å². The van der Waals surface area contributed by atoms with Crippen molar-refractivity contribution >= 4 is 35.8 Å². The first-order valence-electron chi connectivity index (χ1n) is 10.3. The maximum absolute atomic E-state index is 12.2. The number of guanidine groups is 1. The SMILES string of the molecule is CCC(C)NC(=O)c1ccc(CNC(=NC)NCC2COc3ccccc3O2)cc1.I. The molecule has 0 bridgehead atoms. The van der Waals surface area contributed by atoms with Gasteiger partial charge in [-0.15, -0.1) is 24.0 Å². The topological polar surface area (TPSA) is 84.0 Å². The van der Waals surface area contributed by atoms with Crippen molar-refractivity contribution < 1.29 is 14.3 Å². The van der Waals surface area contributed by atoms with E-state index in [9.17, 15) is 4.79 Å². The molecular formula is C23H31IN4O3. The lowest BCUT2D eigenvalue weighted by molar-refractivity contribution is 0.0936. The predicted octanol–water partition coefficient (Wildman–Crippen LogP) is 3.34. The first kappa shape index (κ1) is 24.8. The molecule has 1 amide bonds. The number of nitrogens with one attached hydrogen (secondary N) is 3. The van der Waals surface area contributed by atoms with Crippen LogP contribution >= 0.6 is 24.0 Å². The molecule has 1 aliphatic heterocycles. The van der Waals surface area contributed by atoms with Gasteiger partial charge in [0, 0.05) is 25.2 Å². The standard InChI is InChI=1S/C23H30N4O3.HI/c1-4-16(2)27-22(28)18-11-9-17(10-12-18)13-25-23(24-3)26-14-19-15-29-20-7-5-6-8-21(20)30-19;/h5-12,16,19H,4,13-15H2,1-3H3,(H,27,28)(H2,24,25,26);1H. The number of nitrogens with zero attached hydrogens (tertiary/aromatic N) is 1. The Kier molecular flexibility index (Phi) is 9.90. The smallest absolute Gasteiger partial charge is 0.251 e. The highest BCUT2D eigenvalue weighted by atomic mass is 127. The van der Waals surface area contributed by atoms with Gasteiger partial charge in [-0.3, -0.25) is 9.79 Å². The minimum absolute atomic E-state index is 0. The van der Waals surface area contributed by atoms with E-state index in [4.69, 9.17) is 9.47 Å². The molecule has 2 atom stereocenters. The summed E-state index contributed by atoms with van der Waals surface area (Å²) in [6.07, 6.45) is 0.812. The van der Waals surface area contributed by atoms with Crippen molar-refractivity contribution in [2.75, 3.05) is 20.2 Å². The Morgan fingerprint density at radius 2 is 1.84 bits per heavy atom. The molecule has 0 aliphatic carbocycles. The van der Waals surface area contributed by atoms with Crippen LogP contribution in [0.3, 0.4) is 0 Å². The maximum atomic E-state index is 12.2. The number of benzene rings is 2. The lowest BCUT2D eigenvalue weighted by atomic mass is 10.1. The van der Waals surface area contributed by atoms with Crippen molar-refractivity contribution in [2.24, 2.45) is 4.99 Å². The number of fused-ring (bicyclic) bond motifs is 1. The fourth-order valence-electron chi connectivity index (χ4n) is 2.96. The van der Waals surface area contributed by atoms with Crippen molar-refractivity contribution in [3.05, 3.63) is 59.7 Å². The number of ether oxygens (including phenoxy) is 2. The normalized spacial score (nSPS) is 16.0. The lowest BCUT2D eigenvalue weighted by Gasteiger charge is -2.27. The van der Waals surface area contributed by atoms with Crippen molar-refractivity contribution in [1.29, 1.82) is 0 Å². The molecule has 8 heteroatoms. The molecular weight excluding hydrogens is 507 g/mol. The lowest BCUT2D eigenvalue weighted by Crippen LogP contribution is -2.45. The summed E-state index contributed by atoms with van der Waals surface area (Å²) >= 11 is 0. The van der Waals surface area contributed by atoms with Crippen LogP contribution in [-0.2, 0) is 6.54 Å². The van der Waals surface area contributed by atoms with Crippen molar-refractivity contribution in [3.63, 3.8) is 0 Å². The monoisotopic (exact) mass is 538 g/mol. The van der Waals surface area contributed by atoms with Crippen molar-refractivity contribution in [3.8, 4) is 11.5 Å². The van der Waals surface area contributed by atoms with E-state index in [1.807, 2.05) is 62.4 Å². The second-order valence-corrected chi connectivity index (χ2v) is 7.28. The van der Waals surface area contributed by atoms with Crippen LogP contribution in [0.4, 0.5) is 0 Å². The van der Waals surface area contributed by atoms with Crippen LogP contribution in [0, 0.1) is 0 Å². The van der Waals surface area contributed by atoms with Crippen LogP contribution in [0.1, 0.15) is 36.2 Å². The summed E-state index contributed by atoms with van der Waals surface area (Å²) < 4.78 is 11.7. The molecule has 2 unspecified atom stereocenters. The van der Waals surface area contributed by atoms with E-state index in [-0.39, 0.29) is 42.0 Å². The highest BCUT2D eigenvalue weighted by molar-refractivity contribution is 14.0. The molecule has 0 spiro atoms. The van der Waals surface area contributed by atoms with Crippen LogP contribution in [0.15, 0.2) is 53.5 Å². The Morgan fingerprint density at radius 3 is 2.52 bits per heavy atom. The van der Waals surface area contributed by atoms with Crippen LogP contribution in [-0.4, -0.2) is 44.2 Å². The van der Waals surface area contributed by atoms with E-state index < -0.39 is 0 Å². The van der Waals surface area contributed by atoms with Gasteiger partial charge in [0.1, 0.15) is 12.7 Å². The number of para-hydroxylation sites is 2. The number of hydrogen-bond donors (Lipinski definition) is 3. The summed E-state index contributed by atoms with van der Waals surface area (Å²) in [5.74, 6) is 2.17. The third kappa shape index (κ3) is 7.30. The minimum Gasteiger partial charge on any atom is -0.486 e. The summed E-state index contributed by atoms with van der Waals surface area (Å²) in [7, 11) is 1.73. The van der Waals surface area contributed by atoms with Gasteiger partial charge in [-0.2, -0.15) is 0 Å². The quantitative estimate of drug-likeness (QED) is 0.286. The van der Waals surface area contributed by atoms with E-state index in [0.29, 0.717) is 31.2 Å². The van der Waals surface area contributed by atoms with Gasteiger partial charge in [0.15, 0.2) is 17.5 Å². The Morgan fingerprint density at radius 1 is 1.13 bits per heavy atom. The average molecular weight is 538 g/mol. The molecule has 0 radical (unpaired) electrons. The van der Waals surface area contributed by atoms with Crippen LogP contribution < -0.4 is 25.4 Å². The summed E-state index contributed by atoms with van der Waals surface area (Å²) in [6, 6.07) is 15.4. The number of carbonyl (C=O) groups is 1. The zero-order valence-corrected chi connectivity index (χ0v) is 20.5. The van der Waals surface area contributed by atoms with Gasteiger partial charge in [0.05, 0.1) is 6.54 Å². The van der Waals surface area contributed by atoms with Gasteiger partial charge in [0.2, 0.25) is 0 Å². The Hall–Kier alpha value is -2.49. The highest BCUT2D eigenvalue weighted by Gasteiger charge is 2.20. The Bertz CT molecular complexity index is 873. The van der Waals surface area contributed by atoms with Crippen LogP contribution in [0.25, 0.3) is 0 Å². The first-order chi connectivity index (χ1) is 14.6. The number of amides is 1. The number of hydrogen-bond acceptors (Lipinski definition) is 4. The molecule has 168 valence electrons. The summed E-state index contributed by atoms with van der Waals surface area (Å²) in [5.41, 5.74) is 1.72. The van der Waals surface area contributed by atoms with E-state index in [0.717, 1.165) is 23.5 Å². The van der Waals surface area contributed by atoms with Gasteiger partial charge >= 0.3 is 0 Å². The predicted molar refractivity (Wildman–Crippen MR) is 134 cm³/mol. The number of halogens is 1.